The van der Waals surface area contributed by atoms with Gasteiger partial charge in [-0.2, -0.15) is 0 Å². The van der Waals surface area contributed by atoms with Gasteiger partial charge in [0.2, 0.25) is 0 Å². The molecule has 180 valence electrons. The van der Waals surface area contributed by atoms with Crippen LogP contribution < -0.4 is 10.3 Å². The summed E-state index contributed by atoms with van der Waals surface area (Å²) in [7, 11) is 0. The molecule has 0 unspecified atom stereocenters. The third-order valence-corrected chi connectivity index (χ3v) is 5.74. The number of rotatable bonds is 6. The van der Waals surface area contributed by atoms with E-state index in [0.717, 1.165) is 11.1 Å². The molecule has 0 fully saturated rings. The average Bonchev–Trinajstić information content (AvgIpc) is 2.82. The number of ether oxygens (including phenoxy) is 1. The van der Waals surface area contributed by atoms with Gasteiger partial charge in [0.05, 0.1) is 17.1 Å². The molecule has 3 heterocycles. The number of hydrogen-bond donors (Lipinski definition) is 1. The molecule has 0 aliphatic heterocycles. The van der Waals surface area contributed by atoms with Gasteiger partial charge in [-0.15, -0.1) is 0 Å². The van der Waals surface area contributed by atoms with Crippen molar-refractivity contribution in [2.45, 2.75) is 39.9 Å². The summed E-state index contributed by atoms with van der Waals surface area (Å²) in [6.45, 7) is 6.96. The van der Waals surface area contributed by atoms with Crippen molar-refractivity contribution in [3.8, 4) is 22.8 Å². The molecule has 0 atom stereocenters. The number of nitrogens with zero attached hydrogens (tertiary/aromatic N) is 4. The Balaban J connectivity index is 1.72. The molecular formula is C26H24ClFN4O3. The summed E-state index contributed by atoms with van der Waals surface area (Å²) in [4.78, 5) is 26.3. The van der Waals surface area contributed by atoms with Crippen LogP contribution in [0.4, 0.5) is 4.39 Å². The summed E-state index contributed by atoms with van der Waals surface area (Å²) in [6.07, 6.45) is 3.20. The molecule has 0 aliphatic rings. The molecule has 0 saturated heterocycles. The molecule has 0 radical (unpaired) electrons. The molecule has 0 bridgehead atoms. The molecule has 4 rings (SSSR count). The Kier molecular flexibility index (Phi) is 6.69. The fraction of sp³-hybridized carbons (Fsp3) is 0.231. The van der Waals surface area contributed by atoms with Gasteiger partial charge in [0, 0.05) is 24.2 Å². The van der Waals surface area contributed by atoms with E-state index in [-0.39, 0.29) is 29.0 Å². The number of aryl methyl sites for hydroxylation is 2. The van der Waals surface area contributed by atoms with Gasteiger partial charge in [-0.1, -0.05) is 23.7 Å². The standard InChI is InChI=1S/C26H24ClFN4O3/c1-15-13-30-20(19-9-10-29-25(31-19)26(3,4)34)12-21(15)32-16(2)11-22(23(27)24(32)33)35-14-17-5-7-18(28)8-6-17/h5-13,34H,14H2,1-4H3. The third-order valence-electron chi connectivity index (χ3n) is 5.39. The van der Waals surface area contributed by atoms with E-state index in [2.05, 4.69) is 15.0 Å². The molecule has 35 heavy (non-hydrogen) atoms. The van der Waals surface area contributed by atoms with Gasteiger partial charge in [0.1, 0.15) is 28.8 Å². The topological polar surface area (TPSA) is 90.1 Å². The van der Waals surface area contributed by atoms with Crippen LogP contribution in [0.2, 0.25) is 5.02 Å². The summed E-state index contributed by atoms with van der Waals surface area (Å²) in [6, 6.07) is 11.0. The highest BCUT2D eigenvalue weighted by Gasteiger charge is 2.21. The SMILES string of the molecule is Cc1cnc(-c2ccnc(C(C)(C)O)n2)cc1-n1c(C)cc(OCc2ccc(F)cc2)c(Cl)c1=O. The summed E-state index contributed by atoms with van der Waals surface area (Å²) in [5.41, 5.74) is 2.06. The normalized spacial score (nSPS) is 11.5. The molecule has 0 spiro atoms. The van der Waals surface area contributed by atoms with Crippen molar-refractivity contribution in [1.29, 1.82) is 0 Å². The highest BCUT2D eigenvalue weighted by molar-refractivity contribution is 6.31. The molecule has 4 aromatic rings. The molecule has 0 aliphatic carbocycles. The summed E-state index contributed by atoms with van der Waals surface area (Å²) in [5, 5.41) is 10.2. The molecule has 1 N–H and O–H groups in total. The van der Waals surface area contributed by atoms with Crippen LogP contribution in [0.5, 0.6) is 5.75 Å². The van der Waals surface area contributed by atoms with Crippen molar-refractivity contribution in [3.05, 3.63) is 98.7 Å². The molecule has 1 aromatic carbocycles. The van der Waals surface area contributed by atoms with Crippen LogP contribution in [0.15, 0.2) is 59.7 Å². The first-order valence-electron chi connectivity index (χ1n) is 10.9. The van der Waals surface area contributed by atoms with Gasteiger partial charge in [0.15, 0.2) is 5.82 Å². The number of benzene rings is 1. The first-order valence-corrected chi connectivity index (χ1v) is 11.2. The lowest BCUT2D eigenvalue weighted by Gasteiger charge is -2.17. The highest BCUT2D eigenvalue weighted by Crippen LogP contribution is 2.27. The summed E-state index contributed by atoms with van der Waals surface area (Å²) in [5.74, 6) is 0.167. The first-order chi connectivity index (χ1) is 16.5. The average molecular weight is 495 g/mol. The Hall–Kier alpha value is -3.62. The number of aliphatic hydroxyl groups is 1. The third kappa shape index (κ3) is 5.23. The second-order valence-corrected chi connectivity index (χ2v) is 9.08. The van der Waals surface area contributed by atoms with Crippen molar-refractivity contribution in [2.75, 3.05) is 0 Å². The summed E-state index contributed by atoms with van der Waals surface area (Å²) < 4.78 is 20.4. The number of aromatic nitrogens is 4. The van der Waals surface area contributed by atoms with Crippen LogP contribution in [-0.4, -0.2) is 24.6 Å². The lowest BCUT2D eigenvalue weighted by molar-refractivity contribution is 0.0688. The molecule has 0 amide bonds. The maximum atomic E-state index is 13.3. The predicted molar refractivity (Wildman–Crippen MR) is 131 cm³/mol. The van der Waals surface area contributed by atoms with Crippen LogP contribution in [0.3, 0.4) is 0 Å². The van der Waals surface area contributed by atoms with E-state index in [9.17, 15) is 14.3 Å². The molecular weight excluding hydrogens is 471 g/mol. The smallest absolute Gasteiger partial charge is 0.277 e. The second kappa shape index (κ2) is 9.56. The Morgan fingerprint density at radius 3 is 2.49 bits per heavy atom. The van der Waals surface area contributed by atoms with E-state index < -0.39 is 11.2 Å². The van der Waals surface area contributed by atoms with Crippen molar-refractivity contribution in [2.24, 2.45) is 0 Å². The number of hydrogen-bond acceptors (Lipinski definition) is 6. The highest BCUT2D eigenvalue weighted by atomic mass is 35.5. The predicted octanol–water partition coefficient (Wildman–Crippen LogP) is 4.91. The van der Waals surface area contributed by atoms with E-state index >= 15 is 0 Å². The maximum Gasteiger partial charge on any atom is 0.277 e. The molecule has 9 heteroatoms. The van der Waals surface area contributed by atoms with Crippen molar-refractivity contribution >= 4 is 11.6 Å². The van der Waals surface area contributed by atoms with Crippen molar-refractivity contribution in [3.63, 3.8) is 0 Å². The second-order valence-electron chi connectivity index (χ2n) is 8.70. The fourth-order valence-electron chi connectivity index (χ4n) is 3.52. The van der Waals surface area contributed by atoms with Gasteiger partial charge in [0.25, 0.3) is 5.56 Å². The van der Waals surface area contributed by atoms with Crippen LogP contribution in [0.25, 0.3) is 17.1 Å². The number of pyridine rings is 2. The zero-order valence-corrected chi connectivity index (χ0v) is 20.5. The Labute approximate surface area is 206 Å². The van der Waals surface area contributed by atoms with Gasteiger partial charge in [-0.3, -0.25) is 14.3 Å². The van der Waals surface area contributed by atoms with E-state index in [4.69, 9.17) is 16.3 Å². The number of halogens is 2. The quantitative estimate of drug-likeness (QED) is 0.410. The van der Waals surface area contributed by atoms with Crippen LogP contribution >= 0.6 is 11.6 Å². The van der Waals surface area contributed by atoms with Crippen molar-refractivity contribution in [1.82, 2.24) is 19.5 Å². The van der Waals surface area contributed by atoms with Gasteiger partial charge in [-0.25, -0.2) is 14.4 Å². The zero-order chi connectivity index (χ0) is 25.3. The minimum Gasteiger partial charge on any atom is -0.487 e. The van der Waals surface area contributed by atoms with Crippen LogP contribution in [0, 0.1) is 19.7 Å². The maximum absolute atomic E-state index is 13.3. The Morgan fingerprint density at radius 1 is 1.09 bits per heavy atom. The first kappa shape index (κ1) is 24.5. The summed E-state index contributed by atoms with van der Waals surface area (Å²) >= 11 is 6.41. The Bertz CT molecular complexity index is 1450. The molecule has 0 saturated carbocycles. The zero-order valence-electron chi connectivity index (χ0n) is 19.7. The fourth-order valence-corrected chi connectivity index (χ4v) is 3.71. The largest absolute Gasteiger partial charge is 0.487 e. The van der Waals surface area contributed by atoms with E-state index in [1.807, 2.05) is 6.92 Å². The minimum absolute atomic E-state index is 0.0678. The lowest BCUT2D eigenvalue weighted by atomic mass is 10.1. The monoisotopic (exact) mass is 494 g/mol. The molecule has 3 aromatic heterocycles. The van der Waals surface area contributed by atoms with Crippen LogP contribution in [0.1, 0.15) is 36.5 Å². The van der Waals surface area contributed by atoms with E-state index in [1.165, 1.54) is 16.7 Å². The van der Waals surface area contributed by atoms with Gasteiger partial charge in [-0.05, 0) is 63.1 Å². The molecule has 7 nitrogen and oxygen atoms in total. The van der Waals surface area contributed by atoms with E-state index in [0.29, 0.717) is 22.8 Å². The van der Waals surface area contributed by atoms with Crippen LogP contribution in [-0.2, 0) is 12.2 Å². The van der Waals surface area contributed by atoms with E-state index in [1.54, 1.807) is 63.5 Å². The van der Waals surface area contributed by atoms with Crippen molar-refractivity contribution < 1.29 is 14.2 Å². The Morgan fingerprint density at radius 2 is 1.80 bits per heavy atom. The van der Waals surface area contributed by atoms with Gasteiger partial charge < -0.3 is 9.84 Å². The lowest BCUT2D eigenvalue weighted by Crippen LogP contribution is -2.23. The minimum atomic E-state index is -1.21. The van der Waals surface area contributed by atoms with Gasteiger partial charge >= 0.3 is 0 Å².